The summed E-state index contributed by atoms with van der Waals surface area (Å²) in [5.41, 5.74) is 0.375. The first kappa shape index (κ1) is 21.9. The van der Waals surface area contributed by atoms with Gasteiger partial charge in [0.15, 0.2) is 5.78 Å². The SMILES string of the molecule is O=C(c1cccc([N+](=O)[O-])c1)C1C(c2ccccc2)C2CSCN2C12C(=O)Nc1ccc(F)cc12. The summed E-state index contributed by atoms with van der Waals surface area (Å²) < 4.78 is 14.6. The number of fused-ring (bicyclic) bond motifs is 4. The van der Waals surface area contributed by atoms with Crippen LogP contribution in [0.4, 0.5) is 15.8 Å². The van der Waals surface area contributed by atoms with Gasteiger partial charge in [-0.2, -0.15) is 0 Å². The molecular weight excluding hydrogens is 469 g/mol. The fourth-order valence-electron chi connectivity index (χ4n) is 6.05. The maximum absolute atomic E-state index is 14.6. The number of anilines is 1. The van der Waals surface area contributed by atoms with Crippen LogP contribution in [0.5, 0.6) is 0 Å². The minimum Gasteiger partial charge on any atom is -0.324 e. The lowest BCUT2D eigenvalue weighted by Gasteiger charge is -2.36. The van der Waals surface area contributed by atoms with Gasteiger partial charge in [-0.1, -0.05) is 42.5 Å². The molecule has 9 heteroatoms. The summed E-state index contributed by atoms with van der Waals surface area (Å²) in [5.74, 6) is -1.28. The quantitative estimate of drug-likeness (QED) is 0.328. The van der Waals surface area contributed by atoms with Gasteiger partial charge in [0.1, 0.15) is 11.4 Å². The summed E-state index contributed by atoms with van der Waals surface area (Å²) in [7, 11) is 0. The highest BCUT2D eigenvalue weighted by Gasteiger charge is 2.69. The Morgan fingerprint density at radius 2 is 1.91 bits per heavy atom. The molecule has 3 aromatic rings. The maximum atomic E-state index is 14.6. The molecule has 0 saturated carbocycles. The molecule has 2 saturated heterocycles. The van der Waals surface area contributed by atoms with Crippen molar-refractivity contribution in [3.8, 4) is 0 Å². The smallest absolute Gasteiger partial charge is 0.270 e. The van der Waals surface area contributed by atoms with Crippen LogP contribution in [0, 0.1) is 21.8 Å². The van der Waals surface area contributed by atoms with E-state index in [0.29, 0.717) is 22.9 Å². The molecule has 0 aliphatic carbocycles. The monoisotopic (exact) mass is 489 g/mol. The lowest BCUT2D eigenvalue weighted by molar-refractivity contribution is -0.384. The van der Waals surface area contributed by atoms with Crippen molar-refractivity contribution in [2.24, 2.45) is 5.92 Å². The summed E-state index contributed by atoms with van der Waals surface area (Å²) >= 11 is 1.67. The highest BCUT2D eigenvalue weighted by Crippen LogP contribution is 2.61. The first-order chi connectivity index (χ1) is 16.9. The lowest BCUT2D eigenvalue weighted by atomic mass is 9.69. The number of carbonyl (C=O) groups excluding carboxylic acids is 2. The van der Waals surface area contributed by atoms with Gasteiger partial charge in [0.2, 0.25) is 5.91 Å². The van der Waals surface area contributed by atoms with Gasteiger partial charge in [-0.3, -0.25) is 24.6 Å². The first-order valence-corrected chi connectivity index (χ1v) is 12.4. The van der Waals surface area contributed by atoms with Gasteiger partial charge in [0.05, 0.1) is 10.8 Å². The van der Waals surface area contributed by atoms with Crippen molar-refractivity contribution in [1.82, 2.24) is 4.90 Å². The zero-order valence-corrected chi connectivity index (χ0v) is 19.2. The lowest BCUT2D eigenvalue weighted by Crippen LogP contribution is -2.52. The number of carbonyl (C=O) groups is 2. The van der Waals surface area contributed by atoms with Crippen LogP contribution in [0.3, 0.4) is 0 Å². The van der Waals surface area contributed by atoms with E-state index in [-0.39, 0.29) is 34.9 Å². The first-order valence-electron chi connectivity index (χ1n) is 11.2. The Morgan fingerprint density at radius 3 is 2.69 bits per heavy atom. The number of hydrogen-bond donors (Lipinski definition) is 1. The molecule has 35 heavy (non-hydrogen) atoms. The Labute approximate surface area is 204 Å². The molecule has 176 valence electrons. The summed E-state index contributed by atoms with van der Waals surface area (Å²) in [6.45, 7) is 0. The van der Waals surface area contributed by atoms with Crippen molar-refractivity contribution >= 4 is 34.8 Å². The minimum atomic E-state index is -1.42. The molecule has 0 bridgehead atoms. The number of nitro benzene ring substituents is 1. The highest BCUT2D eigenvalue weighted by atomic mass is 32.2. The summed E-state index contributed by atoms with van der Waals surface area (Å²) in [4.78, 5) is 41.1. The Balaban J connectivity index is 1.62. The molecule has 4 atom stereocenters. The Bertz CT molecular complexity index is 1380. The van der Waals surface area contributed by atoms with Crippen LogP contribution in [-0.4, -0.2) is 39.2 Å². The standard InChI is InChI=1S/C26H20FN3O4S/c27-17-9-10-20-19(12-17)26(25(32)28-20)23(24(31)16-7-4-8-18(11-16)30(33)34)22(15-5-2-1-3-6-15)21-13-35-14-29(21)26/h1-12,21-23H,13-14H2,(H,28,32). The van der Waals surface area contributed by atoms with Gasteiger partial charge >= 0.3 is 0 Å². The van der Waals surface area contributed by atoms with Gasteiger partial charge in [-0.15, -0.1) is 11.8 Å². The van der Waals surface area contributed by atoms with Crippen molar-refractivity contribution in [3.05, 3.63) is 105 Å². The van der Waals surface area contributed by atoms with Crippen LogP contribution in [0.25, 0.3) is 0 Å². The van der Waals surface area contributed by atoms with Gasteiger partial charge in [0, 0.05) is 52.5 Å². The molecule has 3 aliphatic rings. The van der Waals surface area contributed by atoms with E-state index < -0.39 is 22.2 Å². The molecular formula is C26H20FN3O4S. The molecule has 4 unspecified atom stereocenters. The molecule has 0 aromatic heterocycles. The van der Waals surface area contributed by atoms with E-state index in [1.165, 1.54) is 36.4 Å². The molecule has 3 aromatic carbocycles. The predicted octanol–water partition coefficient (Wildman–Crippen LogP) is 4.55. The third-order valence-corrected chi connectivity index (χ3v) is 8.43. The number of amides is 1. The van der Waals surface area contributed by atoms with Gasteiger partial charge in [-0.05, 0) is 23.8 Å². The van der Waals surface area contributed by atoms with Crippen LogP contribution in [0.2, 0.25) is 0 Å². The molecule has 1 spiro atoms. The number of halogens is 1. The molecule has 1 N–H and O–H groups in total. The van der Waals surface area contributed by atoms with Crippen LogP contribution >= 0.6 is 11.8 Å². The van der Waals surface area contributed by atoms with Crippen molar-refractivity contribution < 1.29 is 18.9 Å². The number of hydrogen-bond acceptors (Lipinski definition) is 6. The average molecular weight is 490 g/mol. The van der Waals surface area contributed by atoms with Crippen LogP contribution in [-0.2, 0) is 10.3 Å². The Hall–Kier alpha value is -3.56. The molecule has 0 radical (unpaired) electrons. The Morgan fingerprint density at radius 1 is 1.11 bits per heavy atom. The zero-order valence-electron chi connectivity index (χ0n) is 18.4. The maximum Gasteiger partial charge on any atom is 0.270 e. The van der Waals surface area contributed by atoms with Gasteiger partial charge < -0.3 is 5.32 Å². The van der Waals surface area contributed by atoms with E-state index in [9.17, 15) is 24.1 Å². The fourth-order valence-corrected chi connectivity index (χ4v) is 7.37. The number of nitro groups is 1. The van der Waals surface area contributed by atoms with Crippen molar-refractivity contribution in [1.29, 1.82) is 0 Å². The Kier molecular flexibility index (Phi) is 5.01. The average Bonchev–Trinajstić information content (AvgIpc) is 3.52. The number of thioether (sulfide) groups is 1. The molecule has 7 nitrogen and oxygen atoms in total. The van der Waals surface area contributed by atoms with Crippen molar-refractivity contribution in [2.75, 3.05) is 16.9 Å². The van der Waals surface area contributed by atoms with E-state index in [2.05, 4.69) is 5.32 Å². The van der Waals surface area contributed by atoms with Gasteiger partial charge in [0.25, 0.3) is 5.69 Å². The largest absolute Gasteiger partial charge is 0.324 e. The van der Waals surface area contributed by atoms with Crippen molar-refractivity contribution in [3.63, 3.8) is 0 Å². The third-order valence-electron chi connectivity index (χ3n) is 7.39. The van der Waals surface area contributed by atoms with Crippen molar-refractivity contribution in [2.45, 2.75) is 17.5 Å². The zero-order chi connectivity index (χ0) is 24.3. The number of rotatable bonds is 4. The number of Topliss-reactive ketones (excluding diaryl/α,β-unsaturated/α-hetero) is 1. The number of ketones is 1. The van der Waals surface area contributed by atoms with Crippen LogP contribution in [0.1, 0.15) is 27.4 Å². The van der Waals surface area contributed by atoms with Gasteiger partial charge in [-0.25, -0.2) is 4.39 Å². The minimum absolute atomic E-state index is 0.144. The number of nitrogens with one attached hydrogen (secondary N) is 1. The second-order valence-corrected chi connectivity index (χ2v) is 10.0. The number of benzene rings is 3. The molecule has 6 rings (SSSR count). The molecule has 3 heterocycles. The van der Waals surface area contributed by atoms with E-state index in [1.54, 1.807) is 17.8 Å². The molecule has 3 aliphatic heterocycles. The van der Waals surface area contributed by atoms with E-state index >= 15 is 0 Å². The topological polar surface area (TPSA) is 92.5 Å². The second-order valence-electron chi connectivity index (χ2n) is 9.03. The highest BCUT2D eigenvalue weighted by molar-refractivity contribution is 7.99. The summed E-state index contributed by atoms with van der Waals surface area (Å²) in [5, 5.41) is 14.3. The van der Waals surface area contributed by atoms with E-state index in [1.807, 2.05) is 35.2 Å². The third kappa shape index (κ3) is 3.08. The van der Waals surface area contributed by atoms with E-state index in [0.717, 1.165) is 5.56 Å². The number of non-ortho nitro benzene ring substituents is 1. The van der Waals surface area contributed by atoms with Crippen LogP contribution < -0.4 is 5.32 Å². The van der Waals surface area contributed by atoms with Crippen LogP contribution in [0.15, 0.2) is 72.8 Å². The molecule has 1 amide bonds. The predicted molar refractivity (Wildman–Crippen MR) is 130 cm³/mol. The normalized spacial score (nSPS) is 27.0. The molecule has 2 fully saturated rings. The fraction of sp³-hybridized carbons (Fsp3) is 0.231. The summed E-state index contributed by atoms with van der Waals surface area (Å²) in [6.07, 6.45) is 0. The van der Waals surface area contributed by atoms with E-state index in [4.69, 9.17) is 0 Å². The number of nitrogens with zero attached hydrogens (tertiary/aromatic N) is 2. The second kappa shape index (κ2) is 8.00. The summed E-state index contributed by atoms with van der Waals surface area (Å²) in [6, 6.07) is 19.2.